The smallest absolute Gasteiger partial charge is 0.0935 e. The molecule has 2 aliphatic rings. The Morgan fingerprint density at radius 3 is 3.36 bits per heavy atom. The van der Waals surface area contributed by atoms with Gasteiger partial charge in [-0.3, -0.25) is 4.98 Å². The predicted octanol–water partition coefficient (Wildman–Crippen LogP) is 2.50. The summed E-state index contributed by atoms with van der Waals surface area (Å²) >= 11 is 0. The van der Waals surface area contributed by atoms with Gasteiger partial charge in [0, 0.05) is 24.5 Å². The molecule has 2 heteroatoms. The van der Waals surface area contributed by atoms with E-state index >= 15 is 0 Å². The van der Waals surface area contributed by atoms with Gasteiger partial charge in [-0.25, -0.2) is 0 Å². The molecule has 1 aromatic heterocycles. The van der Waals surface area contributed by atoms with Crippen LogP contribution in [0.3, 0.4) is 0 Å². The van der Waals surface area contributed by atoms with E-state index in [-0.39, 0.29) is 0 Å². The fourth-order valence-corrected chi connectivity index (χ4v) is 2.06. The molecule has 3 heterocycles. The summed E-state index contributed by atoms with van der Waals surface area (Å²) in [6, 6.07) is 4.10. The van der Waals surface area contributed by atoms with Gasteiger partial charge in [0.1, 0.15) is 0 Å². The number of allylic oxidation sites excluding steroid dienone is 1. The van der Waals surface area contributed by atoms with Crippen LogP contribution in [-0.4, -0.2) is 16.4 Å². The molecule has 2 aliphatic heterocycles. The van der Waals surface area contributed by atoms with Crippen molar-refractivity contribution in [2.24, 2.45) is 0 Å². The minimum Gasteiger partial charge on any atom is -0.346 e. The number of hydrogen-bond acceptors (Lipinski definition) is 2. The molecule has 0 atom stereocenters. The van der Waals surface area contributed by atoms with Crippen molar-refractivity contribution < 1.29 is 0 Å². The summed E-state index contributed by atoms with van der Waals surface area (Å²) in [7, 11) is 0. The fraction of sp³-hybridized carbons (Fsp3) is 0.250. The van der Waals surface area contributed by atoms with Gasteiger partial charge in [-0.2, -0.15) is 0 Å². The summed E-state index contributed by atoms with van der Waals surface area (Å²) in [5.41, 5.74) is 3.65. The summed E-state index contributed by atoms with van der Waals surface area (Å²) in [4.78, 5) is 6.73. The van der Waals surface area contributed by atoms with Crippen molar-refractivity contribution in [3.8, 4) is 0 Å². The molecule has 0 N–H and O–H groups in total. The van der Waals surface area contributed by atoms with Crippen LogP contribution >= 0.6 is 0 Å². The van der Waals surface area contributed by atoms with Crippen molar-refractivity contribution in [3.63, 3.8) is 0 Å². The molecule has 0 radical (unpaired) electrons. The molecular formula is C12H12N2. The van der Waals surface area contributed by atoms with Gasteiger partial charge in [0.2, 0.25) is 0 Å². The highest BCUT2D eigenvalue weighted by atomic mass is 15.1. The van der Waals surface area contributed by atoms with Crippen LogP contribution in [0.1, 0.15) is 24.1 Å². The van der Waals surface area contributed by atoms with Gasteiger partial charge in [-0.15, -0.1) is 0 Å². The topological polar surface area (TPSA) is 16.1 Å². The van der Waals surface area contributed by atoms with E-state index in [0.717, 1.165) is 12.2 Å². The van der Waals surface area contributed by atoms with Crippen LogP contribution < -0.4 is 0 Å². The van der Waals surface area contributed by atoms with Gasteiger partial charge in [-0.1, -0.05) is 12.1 Å². The molecule has 0 spiro atoms. The molecule has 1 aromatic rings. The standard InChI is InChI=1S/C12H12N2/c1-2-8-14-9-6-10-4-3-7-13-12(10)11(14)5-1/h3-7,9H,1-2,8H2. The monoisotopic (exact) mass is 184 g/mol. The van der Waals surface area contributed by atoms with Crippen molar-refractivity contribution in [2.75, 3.05) is 6.54 Å². The van der Waals surface area contributed by atoms with E-state index < -0.39 is 0 Å². The molecule has 70 valence electrons. The number of pyridine rings is 1. The third kappa shape index (κ3) is 1.07. The van der Waals surface area contributed by atoms with Crippen molar-refractivity contribution in [1.29, 1.82) is 0 Å². The first-order chi connectivity index (χ1) is 6.95. The molecule has 0 unspecified atom stereocenters. The summed E-state index contributed by atoms with van der Waals surface area (Å²) in [6.45, 7) is 1.12. The molecule has 0 bridgehead atoms. The average molecular weight is 184 g/mol. The predicted molar refractivity (Wildman–Crippen MR) is 57.2 cm³/mol. The Balaban J connectivity index is 2.17. The lowest BCUT2D eigenvalue weighted by molar-refractivity contribution is 0.489. The van der Waals surface area contributed by atoms with E-state index in [4.69, 9.17) is 0 Å². The SMILES string of the molecule is C1=CN2CCCC=C2c2ncccc21. The quantitative estimate of drug-likeness (QED) is 0.616. The fourth-order valence-electron chi connectivity index (χ4n) is 2.06. The Kier molecular flexibility index (Phi) is 1.66. The highest BCUT2D eigenvalue weighted by Gasteiger charge is 2.19. The summed E-state index contributed by atoms with van der Waals surface area (Å²) in [5, 5.41) is 0. The van der Waals surface area contributed by atoms with Crippen LogP contribution in [0.25, 0.3) is 11.8 Å². The van der Waals surface area contributed by atoms with Crippen molar-refractivity contribution in [2.45, 2.75) is 12.8 Å². The zero-order valence-corrected chi connectivity index (χ0v) is 7.98. The third-order valence-corrected chi connectivity index (χ3v) is 2.77. The molecule has 2 nitrogen and oxygen atoms in total. The highest BCUT2D eigenvalue weighted by Crippen LogP contribution is 2.30. The zero-order valence-electron chi connectivity index (χ0n) is 7.98. The second kappa shape index (κ2) is 2.98. The molecule has 14 heavy (non-hydrogen) atoms. The number of nitrogens with zero attached hydrogens (tertiary/aromatic N) is 2. The van der Waals surface area contributed by atoms with E-state index in [0.29, 0.717) is 0 Å². The van der Waals surface area contributed by atoms with E-state index in [1.54, 1.807) is 0 Å². The minimum absolute atomic E-state index is 1.12. The molecule has 3 rings (SSSR count). The van der Waals surface area contributed by atoms with Gasteiger partial charge in [-0.05, 0) is 25.0 Å². The first-order valence-electron chi connectivity index (χ1n) is 5.05. The van der Waals surface area contributed by atoms with Crippen molar-refractivity contribution in [3.05, 3.63) is 41.9 Å². The van der Waals surface area contributed by atoms with Gasteiger partial charge in [0.25, 0.3) is 0 Å². The van der Waals surface area contributed by atoms with E-state index in [1.807, 2.05) is 12.3 Å². The van der Waals surface area contributed by atoms with E-state index in [9.17, 15) is 0 Å². The van der Waals surface area contributed by atoms with Crippen LogP contribution in [0, 0.1) is 0 Å². The second-order valence-corrected chi connectivity index (χ2v) is 3.68. The van der Waals surface area contributed by atoms with Gasteiger partial charge >= 0.3 is 0 Å². The number of fused-ring (bicyclic) bond motifs is 3. The maximum atomic E-state index is 4.44. The van der Waals surface area contributed by atoms with Crippen molar-refractivity contribution >= 4 is 11.8 Å². The molecule has 0 aromatic carbocycles. The number of rotatable bonds is 0. The molecule has 0 aliphatic carbocycles. The van der Waals surface area contributed by atoms with Gasteiger partial charge in [0.05, 0.1) is 11.4 Å². The number of hydrogen-bond donors (Lipinski definition) is 0. The van der Waals surface area contributed by atoms with Crippen LogP contribution in [0.15, 0.2) is 30.6 Å². The van der Waals surface area contributed by atoms with E-state index in [2.05, 4.69) is 34.3 Å². The minimum atomic E-state index is 1.12. The first kappa shape index (κ1) is 7.80. The normalized spacial score (nSPS) is 18.6. The Bertz CT molecular complexity index is 418. The van der Waals surface area contributed by atoms with Crippen LogP contribution in [-0.2, 0) is 0 Å². The zero-order chi connectivity index (χ0) is 9.38. The van der Waals surface area contributed by atoms with Crippen molar-refractivity contribution in [1.82, 2.24) is 9.88 Å². The lowest BCUT2D eigenvalue weighted by Gasteiger charge is -2.30. The van der Waals surface area contributed by atoms with Crippen LogP contribution in [0.5, 0.6) is 0 Å². The lowest BCUT2D eigenvalue weighted by Crippen LogP contribution is -2.23. The maximum Gasteiger partial charge on any atom is 0.0935 e. The van der Waals surface area contributed by atoms with Crippen LogP contribution in [0.2, 0.25) is 0 Å². The summed E-state index contributed by atoms with van der Waals surface area (Å²) in [5.74, 6) is 0. The van der Waals surface area contributed by atoms with Crippen LogP contribution in [0.4, 0.5) is 0 Å². The molecule has 0 saturated heterocycles. The Hall–Kier alpha value is -1.57. The third-order valence-electron chi connectivity index (χ3n) is 2.77. The molecule has 0 saturated carbocycles. The largest absolute Gasteiger partial charge is 0.346 e. The highest BCUT2D eigenvalue weighted by molar-refractivity contribution is 5.75. The van der Waals surface area contributed by atoms with Gasteiger partial charge < -0.3 is 4.90 Å². The average Bonchev–Trinajstić information content (AvgIpc) is 2.29. The first-order valence-corrected chi connectivity index (χ1v) is 5.05. The Morgan fingerprint density at radius 2 is 2.36 bits per heavy atom. The summed E-state index contributed by atoms with van der Waals surface area (Å²) < 4.78 is 0. The lowest BCUT2D eigenvalue weighted by atomic mass is 10.0. The Morgan fingerprint density at radius 1 is 1.36 bits per heavy atom. The van der Waals surface area contributed by atoms with E-state index in [1.165, 1.54) is 24.1 Å². The molecule has 0 amide bonds. The molecular weight excluding hydrogens is 172 g/mol. The van der Waals surface area contributed by atoms with Gasteiger partial charge in [0.15, 0.2) is 0 Å². The molecule has 0 fully saturated rings. The summed E-state index contributed by atoms with van der Waals surface area (Å²) in [6.07, 6.45) is 10.9. The maximum absolute atomic E-state index is 4.44. The Labute approximate surface area is 83.6 Å². The second-order valence-electron chi connectivity index (χ2n) is 3.68. The number of aromatic nitrogens is 1.